The predicted octanol–water partition coefficient (Wildman–Crippen LogP) is 3.43. The van der Waals surface area contributed by atoms with Crippen molar-refractivity contribution in [1.82, 2.24) is 25.2 Å². The lowest BCUT2D eigenvalue weighted by Crippen LogP contribution is -1.99. The summed E-state index contributed by atoms with van der Waals surface area (Å²) in [5.41, 5.74) is 5.61. The minimum Gasteiger partial charge on any atom is -0.360 e. The molecule has 5 nitrogen and oxygen atoms in total. The molecule has 4 rings (SSSR count). The monoisotopic (exact) mass is 289 g/mol. The van der Waals surface area contributed by atoms with Crippen LogP contribution in [0.5, 0.6) is 0 Å². The Kier molecular flexibility index (Phi) is 2.79. The Labute approximate surface area is 127 Å². The van der Waals surface area contributed by atoms with Crippen LogP contribution in [0.1, 0.15) is 11.1 Å². The van der Waals surface area contributed by atoms with E-state index in [9.17, 15) is 0 Å². The predicted molar refractivity (Wildman–Crippen MR) is 85.9 cm³/mol. The number of aromatic nitrogens is 5. The van der Waals surface area contributed by atoms with Gasteiger partial charge in [-0.05, 0) is 47.5 Å². The second-order valence-electron chi connectivity index (χ2n) is 5.38. The Morgan fingerprint density at radius 2 is 1.82 bits per heavy atom. The van der Waals surface area contributed by atoms with Crippen molar-refractivity contribution in [3.05, 3.63) is 59.8 Å². The summed E-state index contributed by atoms with van der Waals surface area (Å²) in [6.07, 6.45) is 1.97. The molecule has 1 N–H and O–H groups in total. The number of nitrogens with one attached hydrogen (secondary N) is 1. The summed E-state index contributed by atoms with van der Waals surface area (Å²) in [5.74, 6) is 0.737. The van der Waals surface area contributed by atoms with Crippen LogP contribution in [0.2, 0.25) is 0 Å². The van der Waals surface area contributed by atoms with Crippen molar-refractivity contribution in [2.75, 3.05) is 0 Å². The quantitative estimate of drug-likeness (QED) is 0.615. The fourth-order valence-corrected chi connectivity index (χ4v) is 2.73. The standard InChI is InChI=1S/C17H15N5/c1-11-8-9-14-15(10-18-16(14)12(11)2)17-19-20-21-22(17)13-6-4-3-5-7-13/h3-10,18H,1-2H3. The van der Waals surface area contributed by atoms with Gasteiger partial charge in [0.1, 0.15) is 0 Å². The van der Waals surface area contributed by atoms with Crippen molar-refractivity contribution in [3.63, 3.8) is 0 Å². The van der Waals surface area contributed by atoms with Crippen LogP contribution in [-0.4, -0.2) is 25.2 Å². The summed E-state index contributed by atoms with van der Waals surface area (Å²) in [6, 6.07) is 14.2. The van der Waals surface area contributed by atoms with E-state index in [2.05, 4.69) is 46.5 Å². The average molecular weight is 289 g/mol. The summed E-state index contributed by atoms with van der Waals surface area (Å²) < 4.78 is 1.76. The van der Waals surface area contributed by atoms with Crippen LogP contribution < -0.4 is 0 Å². The number of tetrazole rings is 1. The molecule has 0 fully saturated rings. The summed E-state index contributed by atoms with van der Waals surface area (Å²) in [5, 5.41) is 13.3. The number of hydrogen-bond donors (Lipinski definition) is 1. The molecule has 2 heterocycles. The zero-order chi connectivity index (χ0) is 15.1. The fourth-order valence-electron chi connectivity index (χ4n) is 2.73. The van der Waals surface area contributed by atoms with Gasteiger partial charge in [-0.1, -0.05) is 30.3 Å². The maximum absolute atomic E-state index is 4.22. The smallest absolute Gasteiger partial charge is 0.189 e. The molecule has 0 aliphatic carbocycles. The second-order valence-corrected chi connectivity index (χ2v) is 5.38. The molecule has 5 heteroatoms. The molecule has 2 aromatic heterocycles. The first-order valence-corrected chi connectivity index (χ1v) is 7.17. The van der Waals surface area contributed by atoms with E-state index in [-0.39, 0.29) is 0 Å². The van der Waals surface area contributed by atoms with E-state index in [1.165, 1.54) is 11.1 Å². The fraction of sp³-hybridized carbons (Fsp3) is 0.118. The number of fused-ring (bicyclic) bond motifs is 1. The van der Waals surface area contributed by atoms with Gasteiger partial charge in [-0.2, -0.15) is 4.68 Å². The van der Waals surface area contributed by atoms with Gasteiger partial charge in [0.15, 0.2) is 5.82 Å². The Morgan fingerprint density at radius 1 is 1.00 bits per heavy atom. The minimum absolute atomic E-state index is 0.737. The van der Waals surface area contributed by atoms with Gasteiger partial charge in [0, 0.05) is 22.7 Å². The lowest BCUT2D eigenvalue weighted by atomic mass is 10.0. The molecule has 0 amide bonds. The highest BCUT2D eigenvalue weighted by atomic mass is 15.5. The van der Waals surface area contributed by atoms with Gasteiger partial charge in [-0.15, -0.1) is 5.10 Å². The molecular formula is C17H15N5. The highest BCUT2D eigenvalue weighted by molar-refractivity contribution is 5.96. The molecule has 0 unspecified atom stereocenters. The number of nitrogens with zero attached hydrogens (tertiary/aromatic N) is 4. The van der Waals surface area contributed by atoms with Crippen LogP contribution in [0.3, 0.4) is 0 Å². The van der Waals surface area contributed by atoms with Crippen molar-refractivity contribution in [2.45, 2.75) is 13.8 Å². The Morgan fingerprint density at radius 3 is 2.64 bits per heavy atom. The lowest BCUT2D eigenvalue weighted by Gasteiger charge is -2.04. The molecular weight excluding hydrogens is 274 g/mol. The molecule has 4 aromatic rings. The lowest BCUT2D eigenvalue weighted by molar-refractivity contribution is 0.791. The van der Waals surface area contributed by atoms with Crippen molar-refractivity contribution in [2.24, 2.45) is 0 Å². The molecule has 0 aliphatic heterocycles. The third-order valence-electron chi connectivity index (χ3n) is 4.10. The van der Waals surface area contributed by atoms with Crippen molar-refractivity contribution in [1.29, 1.82) is 0 Å². The molecule has 22 heavy (non-hydrogen) atoms. The van der Waals surface area contributed by atoms with Crippen molar-refractivity contribution >= 4 is 10.9 Å². The van der Waals surface area contributed by atoms with E-state index in [0.29, 0.717) is 0 Å². The largest absolute Gasteiger partial charge is 0.360 e. The zero-order valence-electron chi connectivity index (χ0n) is 12.4. The first kappa shape index (κ1) is 12.8. The molecule has 108 valence electrons. The zero-order valence-corrected chi connectivity index (χ0v) is 12.4. The van der Waals surface area contributed by atoms with Gasteiger partial charge < -0.3 is 4.98 Å². The van der Waals surface area contributed by atoms with Crippen molar-refractivity contribution in [3.8, 4) is 17.1 Å². The maximum atomic E-state index is 4.22. The highest BCUT2D eigenvalue weighted by Gasteiger charge is 2.16. The van der Waals surface area contributed by atoms with Crippen LogP contribution in [0, 0.1) is 13.8 Å². The minimum atomic E-state index is 0.737. The van der Waals surface area contributed by atoms with Gasteiger partial charge in [0.25, 0.3) is 0 Å². The Bertz CT molecular complexity index is 950. The van der Waals surface area contributed by atoms with Gasteiger partial charge in [0.2, 0.25) is 0 Å². The summed E-state index contributed by atoms with van der Waals surface area (Å²) >= 11 is 0. The molecule has 0 aliphatic rings. The normalized spacial score (nSPS) is 11.2. The topological polar surface area (TPSA) is 59.4 Å². The second kappa shape index (κ2) is 4.80. The van der Waals surface area contributed by atoms with Crippen LogP contribution in [-0.2, 0) is 0 Å². The number of H-pyrrole nitrogens is 1. The molecule has 0 saturated carbocycles. The summed E-state index contributed by atoms with van der Waals surface area (Å²) in [4.78, 5) is 3.36. The molecule has 0 spiro atoms. The first-order valence-electron chi connectivity index (χ1n) is 7.17. The number of hydrogen-bond acceptors (Lipinski definition) is 3. The van der Waals surface area contributed by atoms with Crippen LogP contribution in [0.25, 0.3) is 28.0 Å². The van der Waals surface area contributed by atoms with Gasteiger partial charge in [-0.25, -0.2) is 0 Å². The van der Waals surface area contributed by atoms with E-state index in [1.807, 2.05) is 36.5 Å². The van der Waals surface area contributed by atoms with Crippen molar-refractivity contribution < 1.29 is 0 Å². The van der Waals surface area contributed by atoms with Gasteiger partial charge >= 0.3 is 0 Å². The molecule has 0 saturated heterocycles. The van der Waals surface area contributed by atoms with E-state index in [4.69, 9.17) is 0 Å². The molecule has 0 atom stereocenters. The van der Waals surface area contributed by atoms with Gasteiger partial charge in [-0.3, -0.25) is 0 Å². The van der Waals surface area contributed by atoms with Crippen LogP contribution >= 0.6 is 0 Å². The third-order valence-corrected chi connectivity index (χ3v) is 4.10. The van der Waals surface area contributed by atoms with Crippen LogP contribution in [0.15, 0.2) is 48.7 Å². The average Bonchev–Trinajstić information content (AvgIpc) is 3.18. The van der Waals surface area contributed by atoms with E-state index >= 15 is 0 Å². The molecule has 0 radical (unpaired) electrons. The van der Waals surface area contributed by atoms with Crippen LogP contribution in [0.4, 0.5) is 0 Å². The van der Waals surface area contributed by atoms with E-state index < -0.39 is 0 Å². The maximum Gasteiger partial charge on any atom is 0.189 e. The number of aromatic amines is 1. The van der Waals surface area contributed by atoms with E-state index in [1.54, 1.807) is 4.68 Å². The number of aryl methyl sites for hydroxylation is 2. The number of benzene rings is 2. The summed E-state index contributed by atoms with van der Waals surface area (Å²) in [7, 11) is 0. The summed E-state index contributed by atoms with van der Waals surface area (Å²) in [6.45, 7) is 4.24. The molecule has 0 bridgehead atoms. The van der Waals surface area contributed by atoms with Gasteiger partial charge in [0.05, 0.1) is 5.69 Å². The first-order chi connectivity index (χ1) is 10.8. The number of para-hydroxylation sites is 1. The SMILES string of the molecule is Cc1ccc2c(-c3nnnn3-c3ccccc3)c[nH]c2c1C. The Balaban J connectivity index is 1.95. The molecule has 2 aromatic carbocycles. The van der Waals surface area contributed by atoms with E-state index in [0.717, 1.165) is 28.0 Å². The number of rotatable bonds is 2. The Hall–Kier alpha value is -2.95. The highest BCUT2D eigenvalue weighted by Crippen LogP contribution is 2.30. The third kappa shape index (κ3) is 1.83.